The molecule has 17 heavy (non-hydrogen) atoms. The predicted molar refractivity (Wildman–Crippen MR) is 71.4 cm³/mol. The van der Waals surface area contributed by atoms with E-state index in [1.54, 1.807) is 0 Å². The van der Waals surface area contributed by atoms with E-state index in [4.69, 9.17) is 0 Å². The maximum Gasteiger partial charge on any atom is 0.125 e. The van der Waals surface area contributed by atoms with Crippen molar-refractivity contribution in [3.05, 3.63) is 54.7 Å². The second kappa shape index (κ2) is 2.92. The van der Waals surface area contributed by atoms with Crippen LogP contribution in [0.1, 0.15) is 0 Å². The molecule has 0 radical (unpaired) electrons. The maximum absolute atomic E-state index is 2.28. The van der Waals surface area contributed by atoms with E-state index in [-0.39, 0.29) is 0 Å². The standard InChI is InChI=1S/C15H12N2/c1-16-13-8-4-5-9-14(13)17-10-11-6-2-3-7-12(11)15(16)17/h2-10H,1H3. The summed E-state index contributed by atoms with van der Waals surface area (Å²) in [5.74, 6) is 0. The van der Waals surface area contributed by atoms with Crippen molar-refractivity contribution in [1.82, 2.24) is 8.97 Å². The molecule has 2 aromatic heterocycles. The Morgan fingerprint density at radius 1 is 0.824 bits per heavy atom. The Morgan fingerprint density at radius 2 is 1.53 bits per heavy atom. The molecule has 0 aliphatic heterocycles. The van der Waals surface area contributed by atoms with Crippen molar-refractivity contribution in [1.29, 1.82) is 0 Å². The molecule has 2 aromatic carbocycles. The van der Waals surface area contributed by atoms with Crippen LogP contribution >= 0.6 is 0 Å². The summed E-state index contributed by atoms with van der Waals surface area (Å²) >= 11 is 0. The lowest BCUT2D eigenvalue weighted by Crippen LogP contribution is -1.86. The smallest absolute Gasteiger partial charge is 0.125 e. The zero-order valence-corrected chi connectivity index (χ0v) is 9.59. The van der Waals surface area contributed by atoms with Crippen LogP contribution in [-0.2, 0) is 7.05 Å². The Labute approximate surface area is 98.7 Å². The Kier molecular flexibility index (Phi) is 1.52. The van der Waals surface area contributed by atoms with Crippen molar-refractivity contribution >= 4 is 27.5 Å². The van der Waals surface area contributed by atoms with Gasteiger partial charge in [0.25, 0.3) is 0 Å². The molecule has 0 bridgehead atoms. The lowest BCUT2D eigenvalue weighted by Gasteiger charge is -1.96. The number of benzene rings is 2. The van der Waals surface area contributed by atoms with Gasteiger partial charge in [0.2, 0.25) is 0 Å². The van der Waals surface area contributed by atoms with Crippen LogP contribution in [-0.4, -0.2) is 8.97 Å². The number of rotatable bonds is 0. The van der Waals surface area contributed by atoms with Gasteiger partial charge in [0.05, 0.1) is 11.0 Å². The van der Waals surface area contributed by atoms with Crippen molar-refractivity contribution in [2.45, 2.75) is 0 Å². The lowest BCUT2D eigenvalue weighted by molar-refractivity contribution is 0.998. The molecule has 2 nitrogen and oxygen atoms in total. The monoisotopic (exact) mass is 220 g/mol. The fourth-order valence-electron chi connectivity index (χ4n) is 2.73. The lowest BCUT2D eigenvalue weighted by atomic mass is 10.2. The molecule has 2 heterocycles. The van der Waals surface area contributed by atoms with Crippen molar-refractivity contribution < 1.29 is 0 Å². The first-order valence-corrected chi connectivity index (χ1v) is 5.79. The number of nitrogens with zero attached hydrogens (tertiary/aromatic N) is 2. The van der Waals surface area contributed by atoms with E-state index in [9.17, 15) is 0 Å². The molecule has 0 unspecified atom stereocenters. The van der Waals surface area contributed by atoms with Crippen LogP contribution in [0.2, 0.25) is 0 Å². The van der Waals surface area contributed by atoms with Gasteiger partial charge in [0.1, 0.15) is 5.65 Å². The first kappa shape index (κ1) is 8.88. The molecule has 2 heteroatoms. The van der Waals surface area contributed by atoms with E-state index in [0.29, 0.717) is 0 Å². The summed E-state index contributed by atoms with van der Waals surface area (Å²) < 4.78 is 4.54. The highest BCUT2D eigenvalue weighted by Gasteiger charge is 2.10. The van der Waals surface area contributed by atoms with Gasteiger partial charge in [-0.1, -0.05) is 36.4 Å². The van der Waals surface area contributed by atoms with Crippen LogP contribution in [0.3, 0.4) is 0 Å². The summed E-state index contributed by atoms with van der Waals surface area (Å²) in [7, 11) is 2.13. The van der Waals surface area contributed by atoms with E-state index in [1.807, 2.05) is 0 Å². The molecule has 82 valence electrons. The first-order valence-electron chi connectivity index (χ1n) is 5.79. The molecule has 0 atom stereocenters. The van der Waals surface area contributed by atoms with Crippen LogP contribution < -0.4 is 0 Å². The molecule has 0 saturated carbocycles. The van der Waals surface area contributed by atoms with Gasteiger partial charge in [-0.3, -0.25) is 4.40 Å². The van der Waals surface area contributed by atoms with Crippen LogP contribution in [0.15, 0.2) is 54.7 Å². The number of para-hydroxylation sites is 2. The number of imidazole rings is 1. The van der Waals surface area contributed by atoms with Gasteiger partial charge in [0.15, 0.2) is 0 Å². The summed E-state index contributed by atoms with van der Waals surface area (Å²) in [5.41, 5.74) is 3.80. The summed E-state index contributed by atoms with van der Waals surface area (Å²) in [4.78, 5) is 0. The predicted octanol–water partition coefficient (Wildman–Crippen LogP) is 3.58. The van der Waals surface area contributed by atoms with Gasteiger partial charge < -0.3 is 4.57 Å². The van der Waals surface area contributed by atoms with E-state index in [1.165, 1.54) is 27.5 Å². The van der Waals surface area contributed by atoms with Gasteiger partial charge in [0, 0.05) is 24.0 Å². The molecular formula is C15H12N2. The summed E-state index contributed by atoms with van der Waals surface area (Å²) in [6.45, 7) is 0. The average molecular weight is 220 g/mol. The highest BCUT2D eigenvalue weighted by Crippen LogP contribution is 2.28. The van der Waals surface area contributed by atoms with Crippen LogP contribution in [0.5, 0.6) is 0 Å². The molecule has 0 amide bonds. The number of hydrogen-bond acceptors (Lipinski definition) is 0. The van der Waals surface area contributed by atoms with Gasteiger partial charge in [-0.05, 0) is 12.1 Å². The molecule has 4 rings (SSSR count). The Balaban J connectivity index is 2.40. The van der Waals surface area contributed by atoms with Gasteiger partial charge in [-0.25, -0.2) is 0 Å². The summed E-state index contributed by atoms with van der Waals surface area (Å²) in [6, 6.07) is 17.0. The van der Waals surface area contributed by atoms with Crippen LogP contribution in [0, 0.1) is 0 Å². The first-order chi connectivity index (χ1) is 8.36. The van der Waals surface area contributed by atoms with Gasteiger partial charge in [-0.15, -0.1) is 0 Å². The second-order valence-electron chi connectivity index (χ2n) is 4.46. The zero-order valence-electron chi connectivity index (χ0n) is 9.59. The Hall–Kier alpha value is -2.22. The van der Waals surface area contributed by atoms with Gasteiger partial charge >= 0.3 is 0 Å². The third kappa shape index (κ3) is 0.998. The van der Waals surface area contributed by atoms with Crippen molar-refractivity contribution in [3.8, 4) is 0 Å². The minimum absolute atomic E-state index is 1.27. The van der Waals surface area contributed by atoms with E-state index < -0.39 is 0 Å². The zero-order chi connectivity index (χ0) is 11.4. The minimum atomic E-state index is 1.27. The Bertz CT molecular complexity index is 843. The summed E-state index contributed by atoms with van der Waals surface area (Å²) in [6.07, 6.45) is 2.22. The average Bonchev–Trinajstić information content (AvgIpc) is 2.88. The Morgan fingerprint density at radius 3 is 2.41 bits per heavy atom. The van der Waals surface area contributed by atoms with Crippen molar-refractivity contribution in [2.75, 3.05) is 0 Å². The topological polar surface area (TPSA) is 9.34 Å². The van der Waals surface area contributed by atoms with E-state index in [0.717, 1.165) is 0 Å². The third-order valence-corrected chi connectivity index (χ3v) is 3.52. The van der Waals surface area contributed by atoms with Crippen LogP contribution in [0.4, 0.5) is 0 Å². The van der Waals surface area contributed by atoms with E-state index in [2.05, 4.69) is 70.7 Å². The fraction of sp³-hybridized carbons (Fsp3) is 0.0667. The molecule has 0 aliphatic carbocycles. The summed E-state index contributed by atoms with van der Waals surface area (Å²) in [5, 5.41) is 2.61. The van der Waals surface area contributed by atoms with Gasteiger partial charge in [-0.2, -0.15) is 0 Å². The normalized spacial score (nSPS) is 11.8. The second-order valence-corrected chi connectivity index (χ2v) is 4.46. The number of fused-ring (bicyclic) bond motifs is 5. The van der Waals surface area contributed by atoms with E-state index >= 15 is 0 Å². The molecule has 0 fully saturated rings. The molecule has 0 saturated heterocycles. The molecule has 0 N–H and O–H groups in total. The molecule has 0 spiro atoms. The third-order valence-electron chi connectivity index (χ3n) is 3.52. The minimum Gasteiger partial charge on any atom is -0.328 e. The number of hydrogen-bond donors (Lipinski definition) is 0. The van der Waals surface area contributed by atoms with Crippen molar-refractivity contribution in [2.24, 2.45) is 7.05 Å². The highest BCUT2D eigenvalue weighted by atomic mass is 15.1. The molecule has 4 aromatic rings. The van der Waals surface area contributed by atoms with Crippen molar-refractivity contribution in [3.63, 3.8) is 0 Å². The fourth-order valence-corrected chi connectivity index (χ4v) is 2.73. The van der Waals surface area contributed by atoms with Crippen LogP contribution in [0.25, 0.3) is 27.5 Å². The maximum atomic E-state index is 2.28. The SMILES string of the molecule is Cn1c2ccccc2n2cc3ccccc3c12. The largest absolute Gasteiger partial charge is 0.328 e. The number of aryl methyl sites for hydroxylation is 1. The molecular weight excluding hydrogens is 208 g/mol. The quantitative estimate of drug-likeness (QED) is 0.428. The highest BCUT2D eigenvalue weighted by molar-refractivity contribution is 6.00. The molecule has 0 aliphatic rings. The number of aromatic nitrogens is 2.